The van der Waals surface area contributed by atoms with Crippen LogP contribution in [0, 0.1) is 5.92 Å². The molecular formula is C22H23N3O4. The van der Waals surface area contributed by atoms with Gasteiger partial charge in [0.15, 0.2) is 0 Å². The Kier molecular flexibility index (Phi) is 5.20. The third-order valence-corrected chi connectivity index (χ3v) is 5.37. The van der Waals surface area contributed by atoms with Gasteiger partial charge in [-0.15, -0.1) is 0 Å². The van der Waals surface area contributed by atoms with Gasteiger partial charge in [-0.25, -0.2) is 0 Å². The number of amides is 3. The molecule has 1 atom stereocenters. The fourth-order valence-corrected chi connectivity index (χ4v) is 3.87. The topological polar surface area (TPSA) is 79.0 Å². The molecule has 0 aliphatic carbocycles. The maximum absolute atomic E-state index is 12.8. The van der Waals surface area contributed by atoms with Gasteiger partial charge in [-0.1, -0.05) is 18.2 Å². The Balaban J connectivity index is 1.49. The number of nitrogens with one attached hydrogen (secondary N) is 1. The Hall–Kier alpha value is -3.35. The molecule has 7 heteroatoms. The minimum absolute atomic E-state index is 0.0478. The van der Waals surface area contributed by atoms with Gasteiger partial charge < -0.3 is 19.9 Å². The molecular weight excluding hydrogens is 370 g/mol. The molecule has 0 bridgehead atoms. The zero-order chi connectivity index (χ0) is 20.4. The number of methoxy groups -OCH3 is 1. The zero-order valence-electron chi connectivity index (χ0n) is 16.3. The highest BCUT2D eigenvalue weighted by molar-refractivity contribution is 6.04. The second kappa shape index (κ2) is 7.95. The van der Waals surface area contributed by atoms with Crippen LogP contribution in [0.15, 0.2) is 48.5 Å². The number of hydrogen-bond acceptors (Lipinski definition) is 4. The SMILES string of the molecule is COc1ccc(NC(=O)C2CC(=O)N(c3ccccc3)C2)cc1N1CCCC1=O. The average molecular weight is 393 g/mol. The van der Waals surface area contributed by atoms with Crippen LogP contribution < -0.4 is 19.9 Å². The Morgan fingerprint density at radius 2 is 1.86 bits per heavy atom. The number of anilines is 3. The summed E-state index contributed by atoms with van der Waals surface area (Å²) in [4.78, 5) is 40.6. The Bertz CT molecular complexity index is 944. The van der Waals surface area contributed by atoms with E-state index in [9.17, 15) is 14.4 Å². The summed E-state index contributed by atoms with van der Waals surface area (Å²) in [6.45, 7) is 0.984. The minimum Gasteiger partial charge on any atom is -0.495 e. The molecule has 2 aromatic rings. The summed E-state index contributed by atoms with van der Waals surface area (Å²) in [6, 6.07) is 14.6. The van der Waals surface area contributed by atoms with Gasteiger partial charge in [-0.3, -0.25) is 14.4 Å². The Morgan fingerprint density at radius 1 is 1.07 bits per heavy atom. The first kappa shape index (κ1) is 19.0. The number of para-hydroxylation sites is 1. The van der Waals surface area contributed by atoms with Gasteiger partial charge >= 0.3 is 0 Å². The lowest BCUT2D eigenvalue weighted by Crippen LogP contribution is -2.28. The molecule has 0 aromatic heterocycles. The molecule has 3 amide bonds. The van der Waals surface area contributed by atoms with E-state index in [4.69, 9.17) is 4.74 Å². The number of carbonyl (C=O) groups excluding carboxylic acids is 3. The van der Waals surface area contributed by atoms with E-state index in [-0.39, 0.29) is 24.1 Å². The lowest BCUT2D eigenvalue weighted by molar-refractivity contribution is -0.122. The minimum atomic E-state index is -0.429. The summed E-state index contributed by atoms with van der Waals surface area (Å²) in [5, 5.41) is 2.90. The monoisotopic (exact) mass is 393 g/mol. The van der Waals surface area contributed by atoms with Crippen LogP contribution in [0.2, 0.25) is 0 Å². The smallest absolute Gasteiger partial charge is 0.229 e. The summed E-state index contributed by atoms with van der Waals surface area (Å²) in [5.41, 5.74) is 2.03. The summed E-state index contributed by atoms with van der Waals surface area (Å²) in [5.74, 6) is -0.0621. The molecule has 2 aliphatic heterocycles. The van der Waals surface area contributed by atoms with Gasteiger partial charge in [-0.05, 0) is 36.8 Å². The first-order valence-electron chi connectivity index (χ1n) is 9.71. The predicted octanol–water partition coefficient (Wildman–Crippen LogP) is 2.81. The summed E-state index contributed by atoms with van der Waals surface area (Å²) in [6.07, 6.45) is 1.49. The van der Waals surface area contributed by atoms with Crippen LogP contribution in [0.5, 0.6) is 5.75 Å². The number of carbonyl (C=O) groups is 3. The number of rotatable bonds is 5. The maximum atomic E-state index is 12.8. The third kappa shape index (κ3) is 3.81. The van der Waals surface area contributed by atoms with Crippen molar-refractivity contribution in [2.75, 3.05) is 35.3 Å². The molecule has 2 saturated heterocycles. The molecule has 2 fully saturated rings. The van der Waals surface area contributed by atoms with Crippen molar-refractivity contribution in [3.05, 3.63) is 48.5 Å². The van der Waals surface area contributed by atoms with Crippen molar-refractivity contribution in [2.24, 2.45) is 5.92 Å². The van der Waals surface area contributed by atoms with E-state index in [1.165, 1.54) is 0 Å². The lowest BCUT2D eigenvalue weighted by Gasteiger charge is -2.20. The van der Waals surface area contributed by atoms with E-state index in [1.807, 2.05) is 30.3 Å². The zero-order valence-corrected chi connectivity index (χ0v) is 16.3. The van der Waals surface area contributed by atoms with Crippen molar-refractivity contribution in [2.45, 2.75) is 19.3 Å². The van der Waals surface area contributed by atoms with Gasteiger partial charge in [0.05, 0.1) is 18.7 Å². The second-order valence-corrected chi connectivity index (χ2v) is 7.27. The third-order valence-electron chi connectivity index (χ3n) is 5.37. The van der Waals surface area contributed by atoms with Crippen LogP contribution in [-0.2, 0) is 14.4 Å². The maximum Gasteiger partial charge on any atom is 0.229 e. The summed E-state index contributed by atoms with van der Waals surface area (Å²) in [7, 11) is 1.56. The van der Waals surface area contributed by atoms with Gasteiger partial charge in [0, 0.05) is 37.3 Å². The van der Waals surface area contributed by atoms with Crippen molar-refractivity contribution < 1.29 is 19.1 Å². The highest BCUT2D eigenvalue weighted by atomic mass is 16.5. The normalized spacial score (nSPS) is 19.0. The van der Waals surface area contributed by atoms with Crippen molar-refractivity contribution in [3.63, 3.8) is 0 Å². The number of nitrogens with zero attached hydrogens (tertiary/aromatic N) is 2. The van der Waals surface area contributed by atoms with Crippen LogP contribution in [0.25, 0.3) is 0 Å². The second-order valence-electron chi connectivity index (χ2n) is 7.27. The standard InChI is InChI=1S/C22H23N3O4/c1-29-19-10-9-16(13-18(19)24-11-5-8-20(24)26)23-22(28)15-12-21(27)25(14-15)17-6-3-2-4-7-17/h2-4,6-7,9-10,13,15H,5,8,11-12,14H2,1H3,(H,23,28). The van der Waals surface area contributed by atoms with Crippen LogP contribution in [-0.4, -0.2) is 37.9 Å². The molecule has 1 N–H and O–H groups in total. The van der Waals surface area contributed by atoms with Crippen LogP contribution in [0.4, 0.5) is 17.1 Å². The van der Waals surface area contributed by atoms with Crippen molar-refractivity contribution >= 4 is 34.8 Å². The molecule has 2 heterocycles. The van der Waals surface area contributed by atoms with Gasteiger partial charge in [0.25, 0.3) is 0 Å². The first-order chi connectivity index (χ1) is 14.1. The van der Waals surface area contributed by atoms with Gasteiger partial charge in [-0.2, -0.15) is 0 Å². The quantitative estimate of drug-likeness (QED) is 0.847. The van der Waals surface area contributed by atoms with Crippen molar-refractivity contribution in [3.8, 4) is 5.75 Å². The number of benzene rings is 2. The van der Waals surface area contributed by atoms with Gasteiger partial charge in [0.1, 0.15) is 5.75 Å². The highest BCUT2D eigenvalue weighted by Gasteiger charge is 2.35. The van der Waals surface area contributed by atoms with Crippen molar-refractivity contribution in [1.29, 1.82) is 0 Å². The molecule has 4 rings (SSSR count). The molecule has 2 aliphatic rings. The Morgan fingerprint density at radius 3 is 2.55 bits per heavy atom. The number of ether oxygens (including phenoxy) is 1. The van der Waals surface area contributed by atoms with Crippen molar-refractivity contribution in [1.82, 2.24) is 0 Å². The fraction of sp³-hybridized carbons (Fsp3) is 0.318. The van der Waals surface area contributed by atoms with E-state index >= 15 is 0 Å². The highest BCUT2D eigenvalue weighted by Crippen LogP contribution is 2.34. The predicted molar refractivity (Wildman–Crippen MR) is 110 cm³/mol. The molecule has 0 saturated carbocycles. The molecule has 7 nitrogen and oxygen atoms in total. The van der Waals surface area contributed by atoms with E-state index in [1.54, 1.807) is 35.1 Å². The summed E-state index contributed by atoms with van der Waals surface area (Å²) < 4.78 is 5.39. The lowest BCUT2D eigenvalue weighted by atomic mass is 10.1. The van der Waals surface area contributed by atoms with E-state index in [2.05, 4.69) is 5.32 Å². The van der Waals surface area contributed by atoms with Crippen LogP contribution in [0.3, 0.4) is 0 Å². The molecule has 0 spiro atoms. The van der Waals surface area contributed by atoms with Gasteiger partial charge in [0.2, 0.25) is 17.7 Å². The fourth-order valence-electron chi connectivity index (χ4n) is 3.87. The van der Waals surface area contributed by atoms with Crippen LogP contribution >= 0.6 is 0 Å². The molecule has 0 radical (unpaired) electrons. The number of hydrogen-bond donors (Lipinski definition) is 1. The Labute approximate surface area is 169 Å². The van der Waals surface area contributed by atoms with E-state index < -0.39 is 5.92 Å². The summed E-state index contributed by atoms with van der Waals surface area (Å²) >= 11 is 0. The first-order valence-corrected chi connectivity index (χ1v) is 9.71. The molecule has 2 aromatic carbocycles. The van der Waals surface area contributed by atoms with E-state index in [0.29, 0.717) is 36.6 Å². The van der Waals surface area contributed by atoms with E-state index in [0.717, 1.165) is 12.1 Å². The average Bonchev–Trinajstić information content (AvgIpc) is 3.34. The largest absolute Gasteiger partial charge is 0.495 e. The molecule has 150 valence electrons. The molecule has 1 unspecified atom stereocenters. The molecule has 29 heavy (non-hydrogen) atoms. The van der Waals surface area contributed by atoms with Crippen LogP contribution in [0.1, 0.15) is 19.3 Å².